The Labute approximate surface area is 132 Å². The third kappa shape index (κ3) is 4.42. The maximum atomic E-state index is 13.6. The Morgan fingerprint density at radius 3 is 1.96 bits per heavy atom. The molecule has 0 N–H and O–H groups in total. The molecule has 23 heavy (non-hydrogen) atoms. The van der Waals surface area contributed by atoms with Crippen LogP contribution in [0, 0.1) is 0 Å². The molecule has 0 aliphatic heterocycles. The average Bonchev–Trinajstić information content (AvgIpc) is 2.59. The summed E-state index contributed by atoms with van der Waals surface area (Å²) in [4.78, 5) is 11.0. The molecule has 0 saturated carbocycles. The van der Waals surface area contributed by atoms with E-state index in [1.807, 2.05) is 30.3 Å². The van der Waals surface area contributed by atoms with Crippen LogP contribution in [-0.2, 0) is 15.5 Å². The first kappa shape index (κ1) is 16.7. The van der Waals surface area contributed by atoms with Crippen molar-refractivity contribution in [3.63, 3.8) is 0 Å². The van der Waals surface area contributed by atoms with E-state index in [1.165, 1.54) is 12.1 Å². The van der Waals surface area contributed by atoms with Gasteiger partial charge in [0.15, 0.2) is 0 Å². The fourth-order valence-corrected chi connectivity index (χ4v) is 1.84. The summed E-state index contributed by atoms with van der Waals surface area (Å²) < 4.78 is 42.2. The number of halogens is 2. The zero-order valence-electron chi connectivity index (χ0n) is 12.5. The van der Waals surface area contributed by atoms with Gasteiger partial charge in [-0.1, -0.05) is 18.2 Å². The number of carbonyl (C=O) groups is 1. The molecular weight excluding hydrogens is 306 g/mol. The van der Waals surface area contributed by atoms with Gasteiger partial charge in [-0.05, 0) is 36.4 Å². The van der Waals surface area contributed by atoms with Crippen molar-refractivity contribution < 1.29 is 27.8 Å². The van der Waals surface area contributed by atoms with Crippen LogP contribution in [0.2, 0.25) is 0 Å². The number of hydrogen-bond acceptors (Lipinski definition) is 4. The Morgan fingerprint density at radius 1 is 0.913 bits per heavy atom. The molecule has 0 unspecified atom stereocenters. The predicted molar refractivity (Wildman–Crippen MR) is 79.8 cm³/mol. The molecule has 6 heteroatoms. The third-order valence-electron chi connectivity index (χ3n) is 3.02. The minimum absolute atomic E-state index is 0.266. The fraction of sp³-hybridized carbons (Fsp3) is 0.235. The van der Waals surface area contributed by atoms with Gasteiger partial charge in [0, 0.05) is 5.56 Å². The van der Waals surface area contributed by atoms with Crippen molar-refractivity contribution in [2.45, 2.75) is 5.92 Å². The van der Waals surface area contributed by atoms with E-state index in [0.29, 0.717) is 12.4 Å². The summed E-state index contributed by atoms with van der Waals surface area (Å²) in [6, 6.07) is 14.2. The zero-order valence-corrected chi connectivity index (χ0v) is 12.5. The molecule has 0 amide bonds. The van der Waals surface area contributed by atoms with Gasteiger partial charge in [0.1, 0.15) is 24.7 Å². The van der Waals surface area contributed by atoms with Crippen molar-refractivity contribution in [2.75, 3.05) is 20.3 Å². The van der Waals surface area contributed by atoms with Crippen LogP contribution in [0.4, 0.5) is 8.78 Å². The quantitative estimate of drug-likeness (QED) is 0.579. The molecule has 0 fully saturated rings. The standard InChI is InChI=1S/C17H16F2O4/c1-21-16(20)17(18,19)13-7-9-15(10-8-13)23-12-11-22-14-5-3-2-4-6-14/h2-10H,11-12H2,1H3. The Hall–Kier alpha value is -2.63. The fourth-order valence-electron chi connectivity index (χ4n) is 1.84. The number of carbonyl (C=O) groups excluding carboxylic acids is 1. The second-order valence-electron chi connectivity index (χ2n) is 4.60. The first-order chi connectivity index (χ1) is 11.0. The smallest absolute Gasteiger partial charge is 0.381 e. The summed E-state index contributed by atoms with van der Waals surface area (Å²) in [6.07, 6.45) is 0. The van der Waals surface area contributed by atoms with Crippen LogP contribution in [0.1, 0.15) is 5.56 Å². The number of rotatable bonds is 7. The maximum Gasteiger partial charge on any atom is 0.381 e. The highest BCUT2D eigenvalue weighted by molar-refractivity contribution is 5.79. The van der Waals surface area contributed by atoms with E-state index >= 15 is 0 Å². The molecule has 0 radical (unpaired) electrons. The number of ether oxygens (including phenoxy) is 3. The third-order valence-corrected chi connectivity index (χ3v) is 3.02. The zero-order chi connectivity index (χ0) is 16.7. The lowest BCUT2D eigenvalue weighted by Gasteiger charge is -2.14. The molecule has 122 valence electrons. The largest absolute Gasteiger partial charge is 0.490 e. The summed E-state index contributed by atoms with van der Waals surface area (Å²) in [6.45, 7) is 0.589. The van der Waals surface area contributed by atoms with Crippen LogP contribution >= 0.6 is 0 Å². The van der Waals surface area contributed by atoms with Gasteiger partial charge in [0.25, 0.3) is 0 Å². The lowest BCUT2D eigenvalue weighted by molar-refractivity contribution is -0.170. The number of alkyl halides is 2. The van der Waals surface area contributed by atoms with Gasteiger partial charge in [0.2, 0.25) is 0 Å². The van der Waals surface area contributed by atoms with Crippen molar-refractivity contribution >= 4 is 5.97 Å². The van der Waals surface area contributed by atoms with Crippen LogP contribution < -0.4 is 9.47 Å². The van der Waals surface area contributed by atoms with E-state index in [9.17, 15) is 13.6 Å². The molecule has 2 aromatic rings. The van der Waals surface area contributed by atoms with Gasteiger partial charge in [0.05, 0.1) is 7.11 Å². The number of benzene rings is 2. The number of esters is 1. The Morgan fingerprint density at radius 2 is 1.43 bits per heavy atom. The minimum atomic E-state index is -3.68. The number of hydrogen-bond donors (Lipinski definition) is 0. The first-order valence-corrected chi connectivity index (χ1v) is 6.91. The maximum absolute atomic E-state index is 13.6. The second kappa shape index (κ2) is 7.58. The Bertz CT molecular complexity index is 627. The molecule has 4 nitrogen and oxygen atoms in total. The second-order valence-corrected chi connectivity index (χ2v) is 4.60. The van der Waals surface area contributed by atoms with Crippen molar-refractivity contribution in [3.8, 4) is 11.5 Å². The van der Waals surface area contributed by atoms with Crippen LogP contribution in [0.25, 0.3) is 0 Å². The molecule has 0 aromatic heterocycles. The van der Waals surface area contributed by atoms with Crippen molar-refractivity contribution in [1.82, 2.24) is 0 Å². The van der Waals surface area contributed by atoms with E-state index in [1.54, 1.807) is 0 Å². The van der Waals surface area contributed by atoms with E-state index in [4.69, 9.17) is 9.47 Å². The SMILES string of the molecule is COC(=O)C(F)(F)c1ccc(OCCOc2ccccc2)cc1. The Kier molecular flexibility index (Phi) is 5.51. The van der Waals surface area contributed by atoms with Crippen LogP contribution in [0.5, 0.6) is 11.5 Å². The summed E-state index contributed by atoms with van der Waals surface area (Å²) in [5.41, 5.74) is -0.447. The summed E-state index contributed by atoms with van der Waals surface area (Å²) in [5.74, 6) is -4.14. The van der Waals surface area contributed by atoms with Gasteiger partial charge < -0.3 is 14.2 Å². The minimum Gasteiger partial charge on any atom is -0.490 e. The lowest BCUT2D eigenvalue weighted by Crippen LogP contribution is -2.27. The van der Waals surface area contributed by atoms with Crippen LogP contribution in [0.15, 0.2) is 54.6 Å². The molecular formula is C17H16F2O4. The summed E-state index contributed by atoms with van der Waals surface area (Å²) >= 11 is 0. The molecule has 0 aliphatic rings. The molecule has 0 aliphatic carbocycles. The molecule has 0 spiro atoms. The lowest BCUT2D eigenvalue weighted by atomic mass is 10.1. The summed E-state index contributed by atoms with van der Waals surface area (Å²) in [5, 5.41) is 0. The topological polar surface area (TPSA) is 44.8 Å². The van der Waals surface area contributed by atoms with Crippen molar-refractivity contribution in [2.24, 2.45) is 0 Å². The highest BCUT2D eigenvalue weighted by Gasteiger charge is 2.42. The molecule has 0 heterocycles. The van der Waals surface area contributed by atoms with Gasteiger partial charge in [-0.2, -0.15) is 8.78 Å². The molecule has 0 saturated heterocycles. The Balaban J connectivity index is 1.84. The van der Waals surface area contributed by atoms with E-state index < -0.39 is 17.5 Å². The molecule has 2 rings (SSSR count). The predicted octanol–water partition coefficient (Wildman–Crippen LogP) is 3.41. The van der Waals surface area contributed by atoms with E-state index in [-0.39, 0.29) is 6.61 Å². The van der Waals surface area contributed by atoms with Crippen molar-refractivity contribution in [1.29, 1.82) is 0 Å². The van der Waals surface area contributed by atoms with E-state index in [0.717, 1.165) is 25.0 Å². The highest BCUT2D eigenvalue weighted by Crippen LogP contribution is 2.30. The number of methoxy groups -OCH3 is 1. The highest BCUT2D eigenvalue weighted by atomic mass is 19.3. The average molecular weight is 322 g/mol. The molecule has 2 aromatic carbocycles. The molecule has 0 bridgehead atoms. The summed E-state index contributed by atoms with van der Waals surface area (Å²) in [7, 11) is 0.917. The first-order valence-electron chi connectivity index (χ1n) is 6.91. The van der Waals surface area contributed by atoms with E-state index in [2.05, 4.69) is 4.74 Å². The van der Waals surface area contributed by atoms with Gasteiger partial charge >= 0.3 is 11.9 Å². The van der Waals surface area contributed by atoms with Gasteiger partial charge in [-0.25, -0.2) is 4.79 Å². The van der Waals surface area contributed by atoms with Gasteiger partial charge in [-0.3, -0.25) is 0 Å². The van der Waals surface area contributed by atoms with Crippen LogP contribution in [0.3, 0.4) is 0 Å². The normalized spacial score (nSPS) is 10.9. The van der Waals surface area contributed by atoms with Crippen molar-refractivity contribution in [3.05, 3.63) is 60.2 Å². The monoisotopic (exact) mass is 322 g/mol. The van der Waals surface area contributed by atoms with Crippen LogP contribution in [-0.4, -0.2) is 26.3 Å². The number of para-hydroxylation sites is 1. The van der Waals surface area contributed by atoms with Gasteiger partial charge in [-0.15, -0.1) is 0 Å². The molecule has 0 atom stereocenters.